The molecule has 0 aliphatic carbocycles. The van der Waals surface area contributed by atoms with E-state index in [0.717, 1.165) is 11.1 Å². The number of nitrogens with zero attached hydrogens (tertiary/aromatic N) is 1. The van der Waals surface area contributed by atoms with E-state index in [4.69, 9.17) is 11.6 Å². The van der Waals surface area contributed by atoms with Crippen molar-refractivity contribution in [1.82, 2.24) is 15.5 Å². The van der Waals surface area contributed by atoms with Crippen molar-refractivity contribution >= 4 is 35.2 Å². The van der Waals surface area contributed by atoms with Gasteiger partial charge in [-0.1, -0.05) is 29.8 Å². The molecule has 2 aromatic rings. The van der Waals surface area contributed by atoms with Gasteiger partial charge in [0.15, 0.2) is 0 Å². The maximum Gasteiger partial charge on any atom is 0.255 e. The van der Waals surface area contributed by atoms with Gasteiger partial charge in [-0.2, -0.15) is 0 Å². The first-order valence-electron chi connectivity index (χ1n) is 10.0. The average molecular weight is 440 g/mol. The first kappa shape index (κ1) is 21.1. The van der Waals surface area contributed by atoms with Gasteiger partial charge in [-0.05, 0) is 55.7 Å². The van der Waals surface area contributed by atoms with Crippen molar-refractivity contribution in [3.05, 3.63) is 69.7 Å². The first-order chi connectivity index (χ1) is 14.7. The number of halogens is 1. The van der Waals surface area contributed by atoms with Crippen molar-refractivity contribution in [3.63, 3.8) is 0 Å². The minimum atomic E-state index is -0.682. The standard InChI is InChI=1S/C23H22ClN3O4/c1-23(2,15-5-7-16(24)8-6-15)26-20(29)13-3-4-14-12-27(22(31)17(14)11-13)18-9-10-19(28)25-21(18)30/h3-8,11,18H,9-10,12H2,1-2H3,(H,26,29)(H,25,28,30). The van der Waals surface area contributed by atoms with E-state index in [-0.39, 0.29) is 30.7 Å². The lowest BCUT2D eigenvalue weighted by Crippen LogP contribution is -2.52. The van der Waals surface area contributed by atoms with Crippen LogP contribution in [0.4, 0.5) is 0 Å². The molecule has 2 aliphatic heterocycles. The fourth-order valence-electron chi connectivity index (χ4n) is 3.99. The molecule has 1 saturated heterocycles. The van der Waals surface area contributed by atoms with Crippen molar-refractivity contribution < 1.29 is 19.2 Å². The van der Waals surface area contributed by atoms with Gasteiger partial charge in [-0.25, -0.2) is 0 Å². The lowest BCUT2D eigenvalue weighted by Gasteiger charge is -2.29. The van der Waals surface area contributed by atoms with Gasteiger partial charge in [-0.3, -0.25) is 24.5 Å². The summed E-state index contributed by atoms with van der Waals surface area (Å²) in [4.78, 5) is 50.9. The third kappa shape index (κ3) is 4.05. The van der Waals surface area contributed by atoms with E-state index < -0.39 is 17.5 Å². The second kappa shape index (κ2) is 7.81. The predicted octanol–water partition coefficient (Wildman–Crippen LogP) is 2.77. The van der Waals surface area contributed by atoms with Crippen LogP contribution in [-0.4, -0.2) is 34.6 Å². The van der Waals surface area contributed by atoms with Gasteiger partial charge < -0.3 is 10.2 Å². The maximum absolute atomic E-state index is 13.0. The summed E-state index contributed by atoms with van der Waals surface area (Å²) in [6.07, 6.45) is 0.497. The molecule has 4 amide bonds. The first-order valence-corrected chi connectivity index (χ1v) is 10.4. The number of piperidine rings is 1. The van der Waals surface area contributed by atoms with Crippen LogP contribution in [0.25, 0.3) is 0 Å². The van der Waals surface area contributed by atoms with Crippen LogP contribution in [0.15, 0.2) is 42.5 Å². The van der Waals surface area contributed by atoms with E-state index in [9.17, 15) is 19.2 Å². The quantitative estimate of drug-likeness (QED) is 0.716. The fraction of sp³-hybridized carbons (Fsp3) is 0.304. The molecule has 7 nitrogen and oxygen atoms in total. The molecule has 2 aliphatic rings. The molecule has 2 N–H and O–H groups in total. The zero-order chi connectivity index (χ0) is 22.3. The normalized spacial score (nSPS) is 18.6. The topological polar surface area (TPSA) is 95.6 Å². The number of hydrogen-bond acceptors (Lipinski definition) is 4. The Labute approximate surface area is 184 Å². The molecule has 8 heteroatoms. The van der Waals surface area contributed by atoms with Crippen molar-refractivity contribution in [2.24, 2.45) is 0 Å². The Morgan fingerprint density at radius 1 is 1.13 bits per heavy atom. The summed E-state index contributed by atoms with van der Waals surface area (Å²) in [6, 6.07) is 11.5. The molecule has 1 atom stereocenters. The third-order valence-electron chi connectivity index (χ3n) is 5.78. The molecular formula is C23H22ClN3O4. The average Bonchev–Trinajstić information content (AvgIpc) is 3.04. The fourth-order valence-corrected chi connectivity index (χ4v) is 4.12. The number of carbonyl (C=O) groups is 4. The number of benzene rings is 2. The van der Waals surface area contributed by atoms with Crippen LogP contribution in [0, 0.1) is 0 Å². The zero-order valence-corrected chi connectivity index (χ0v) is 18.0. The Balaban J connectivity index is 1.52. The van der Waals surface area contributed by atoms with Crippen molar-refractivity contribution in [2.75, 3.05) is 0 Å². The molecule has 31 heavy (non-hydrogen) atoms. The van der Waals surface area contributed by atoms with Gasteiger partial charge in [0.05, 0.1) is 5.54 Å². The summed E-state index contributed by atoms with van der Waals surface area (Å²) < 4.78 is 0. The summed E-state index contributed by atoms with van der Waals surface area (Å²) in [6.45, 7) is 4.05. The Bertz CT molecular complexity index is 1090. The summed E-state index contributed by atoms with van der Waals surface area (Å²) in [5.41, 5.74) is 1.76. The molecule has 0 saturated carbocycles. The van der Waals surface area contributed by atoms with Gasteiger partial charge in [-0.15, -0.1) is 0 Å². The molecule has 1 unspecified atom stereocenters. The maximum atomic E-state index is 13.0. The molecule has 0 bridgehead atoms. The van der Waals surface area contributed by atoms with E-state index in [1.165, 1.54) is 4.90 Å². The molecular weight excluding hydrogens is 418 g/mol. The van der Waals surface area contributed by atoms with Crippen LogP contribution >= 0.6 is 11.6 Å². The lowest BCUT2D eigenvalue weighted by atomic mass is 9.93. The minimum Gasteiger partial charge on any atom is -0.343 e. The van der Waals surface area contributed by atoms with E-state index >= 15 is 0 Å². The molecule has 2 aromatic carbocycles. The number of carbonyl (C=O) groups excluding carboxylic acids is 4. The highest BCUT2D eigenvalue weighted by Crippen LogP contribution is 2.29. The Hall–Kier alpha value is -3.19. The highest BCUT2D eigenvalue weighted by Gasteiger charge is 2.39. The van der Waals surface area contributed by atoms with E-state index in [2.05, 4.69) is 10.6 Å². The molecule has 4 rings (SSSR count). The number of hydrogen-bond donors (Lipinski definition) is 2. The molecule has 0 aromatic heterocycles. The van der Waals surface area contributed by atoms with Crippen LogP contribution in [0.5, 0.6) is 0 Å². The van der Waals surface area contributed by atoms with Gasteiger partial charge in [0.1, 0.15) is 6.04 Å². The van der Waals surface area contributed by atoms with Crippen molar-refractivity contribution in [1.29, 1.82) is 0 Å². The van der Waals surface area contributed by atoms with Crippen LogP contribution in [0.3, 0.4) is 0 Å². The van der Waals surface area contributed by atoms with Crippen LogP contribution in [0.1, 0.15) is 58.5 Å². The lowest BCUT2D eigenvalue weighted by molar-refractivity contribution is -0.136. The predicted molar refractivity (Wildman–Crippen MR) is 114 cm³/mol. The Morgan fingerprint density at radius 3 is 2.52 bits per heavy atom. The Kier molecular flexibility index (Phi) is 5.31. The summed E-state index contributed by atoms with van der Waals surface area (Å²) in [7, 11) is 0. The van der Waals surface area contributed by atoms with Gasteiger partial charge >= 0.3 is 0 Å². The SMILES string of the molecule is CC(C)(NC(=O)c1ccc2c(c1)C(=O)N(C1CCC(=O)NC1=O)C2)c1ccc(Cl)cc1. The monoisotopic (exact) mass is 439 g/mol. The van der Waals surface area contributed by atoms with E-state index in [0.29, 0.717) is 22.6 Å². The number of fused-ring (bicyclic) bond motifs is 1. The molecule has 0 radical (unpaired) electrons. The second-order valence-corrected chi connectivity index (χ2v) is 8.79. The highest BCUT2D eigenvalue weighted by molar-refractivity contribution is 6.30. The third-order valence-corrected chi connectivity index (χ3v) is 6.03. The van der Waals surface area contributed by atoms with Crippen molar-refractivity contribution in [2.45, 2.75) is 44.8 Å². The number of nitrogens with one attached hydrogen (secondary N) is 2. The molecule has 160 valence electrons. The number of imide groups is 1. The second-order valence-electron chi connectivity index (χ2n) is 8.36. The molecule has 0 spiro atoms. The number of amides is 4. The summed E-state index contributed by atoms with van der Waals surface area (Å²) >= 11 is 5.95. The highest BCUT2D eigenvalue weighted by atomic mass is 35.5. The van der Waals surface area contributed by atoms with Gasteiger partial charge in [0.25, 0.3) is 11.8 Å². The number of rotatable bonds is 4. The minimum absolute atomic E-state index is 0.198. The van der Waals surface area contributed by atoms with E-state index in [1.807, 2.05) is 26.0 Å². The largest absolute Gasteiger partial charge is 0.343 e. The Morgan fingerprint density at radius 2 is 1.84 bits per heavy atom. The van der Waals surface area contributed by atoms with Gasteiger partial charge in [0.2, 0.25) is 11.8 Å². The van der Waals surface area contributed by atoms with Crippen LogP contribution in [0.2, 0.25) is 5.02 Å². The van der Waals surface area contributed by atoms with Crippen LogP contribution in [-0.2, 0) is 21.7 Å². The van der Waals surface area contributed by atoms with Crippen molar-refractivity contribution in [3.8, 4) is 0 Å². The molecule has 2 heterocycles. The smallest absolute Gasteiger partial charge is 0.255 e. The van der Waals surface area contributed by atoms with Crippen LogP contribution < -0.4 is 10.6 Å². The summed E-state index contributed by atoms with van der Waals surface area (Å²) in [5, 5.41) is 5.89. The summed E-state index contributed by atoms with van der Waals surface area (Å²) in [5.74, 6) is -1.40. The van der Waals surface area contributed by atoms with E-state index in [1.54, 1.807) is 30.3 Å². The zero-order valence-electron chi connectivity index (χ0n) is 17.2. The molecule has 1 fully saturated rings. The van der Waals surface area contributed by atoms with Gasteiger partial charge in [0, 0.05) is 29.1 Å².